The van der Waals surface area contributed by atoms with Crippen LogP contribution < -0.4 is 4.57 Å². The van der Waals surface area contributed by atoms with Crippen LogP contribution in [0.4, 0.5) is 0 Å². The maximum Gasteiger partial charge on any atom is 0.235 e. The van der Waals surface area contributed by atoms with Gasteiger partial charge in [0.2, 0.25) is 10.5 Å². The third-order valence-electron chi connectivity index (χ3n) is 6.84. The molecule has 0 aliphatic rings. The van der Waals surface area contributed by atoms with Crippen molar-refractivity contribution in [1.29, 1.82) is 0 Å². The van der Waals surface area contributed by atoms with Crippen molar-refractivity contribution in [3.05, 3.63) is 59.1 Å². The molecule has 3 aromatic rings. The predicted octanol–water partition coefficient (Wildman–Crippen LogP) is 8.88. The number of hydrogen-bond donors (Lipinski definition) is 0. The minimum absolute atomic E-state index is 0.178. The Hall–Kier alpha value is -1.76. The molecule has 0 saturated heterocycles. The van der Waals surface area contributed by atoms with Crippen LogP contribution in [0.3, 0.4) is 0 Å². The molecule has 4 nitrogen and oxygen atoms in total. The molecule has 0 aliphatic carbocycles. The number of rotatable bonds is 16. The third-order valence-corrected chi connectivity index (χ3v) is 8.77. The van der Waals surface area contributed by atoms with E-state index in [-0.39, 0.29) is 4.90 Å². The van der Waals surface area contributed by atoms with E-state index in [1.54, 1.807) is 12.1 Å². The summed E-state index contributed by atoms with van der Waals surface area (Å²) in [4.78, 5) is -0.178. The van der Waals surface area contributed by atoms with Gasteiger partial charge in [0.25, 0.3) is 0 Å². The Balaban J connectivity index is 0.000000364. The van der Waals surface area contributed by atoms with E-state index in [4.69, 9.17) is 0 Å². The molecule has 0 bridgehead atoms. The molecule has 1 aromatic heterocycles. The molecule has 0 radical (unpaired) electrons. The minimum Gasteiger partial charge on any atom is -0.744 e. The summed E-state index contributed by atoms with van der Waals surface area (Å²) in [6.07, 6.45) is 20.0. The van der Waals surface area contributed by atoms with Crippen molar-refractivity contribution in [2.75, 3.05) is 0 Å². The van der Waals surface area contributed by atoms with Crippen LogP contribution in [0.5, 0.6) is 0 Å². The number of benzene rings is 2. The van der Waals surface area contributed by atoms with Crippen molar-refractivity contribution < 1.29 is 17.5 Å². The summed E-state index contributed by atoms with van der Waals surface area (Å²) >= 11 is 1.93. The first kappa shape index (κ1) is 31.5. The lowest BCUT2D eigenvalue weighted by Crippen LogP contribution is -2.34. The standard InChI is InChI=1S/C24H40NS.C7H8O3S/c1-3-4-5-6-7-8-9-10-11-12-13-14-15-18-21-25-22(2)26-24-20-17-16-19-23(24)25;1-6-2-4-7(5-3-6)11(8,9)10/h16-17,19-20H,3-15,18,21H2,1-2H3;2-5H,1H3,(H,8,9,10)/q+1;/p-1. The second-order valence-electron chi connectivity index (χ2n) is 10.1. The molecule has 0 atom stereocenters. The molecule has 37 heavy (non-hydrogen) atoms. The van der Waals surface area contributed by atoms with Gasteiger partial charge in [0, 0.05) is 19.4 Å². The average Bonchev–Trinajstić information content (AvgIpc) is 3.19. The number of thiazole rings is 1. The van der Waals surface area contributed by atoms with E-state index in [1.165, 1.54) is 124 Å². The zero-order chi connectivity index (χ0) is 26.9. The summed E-state index contributed by atoms with van der Waals surface area (Å²) in [7, 11) is -4.27. The second kappa shape index (κ2) is 17.7. The second-order valence-corrected chi connectivity index (χ2v) is 12.7. The maximum absolute atomic E-state index is 10.4. The fourth-order valence-electron chi connectivity index (χ4n) is 4.60. The first-order valence-electron chi connectivity index (χ1n) is 14.2. The van der Waals surface area contributed by atoms with Gasteiger partial charge in [-0.3, -0.25) is 0 Å². The molecule has 0 unspecified atom stereocenters. The topological polar surface area (TPSA) is 61.1 Å². The largest absolute Gasteiger partial charge is 0.744 e. The Morgan fingerprint density at radius 2 is 1.19 bits per heavy atom. The molecular formula is C31H47NO3S2. The number of para-hydroxylation sites is 1. The van der Waals surface area contributed by atoms with Crippen LogP contribution in [-0.2, 0) is 16.7 Å². The van der Waals surface area contributed by atoms with Crippen molar-refractivity contribution in [2.24, 2.45) is 0 Å². The van der Waals surface area contributed by atoms with E-state index in [0.717, 1.165) is 5.56 Å². The molecule has 0 amide bonds. The lowest BCUT2D eigenvalue weighted by molar-refractivity contribution is -0.673. The molecular weight excluding hydrogens is 498 g/mol. The van der Waals surface area contributed by atoms with Gasteiger partial charge in [0.15, 0.2) is 0 Å². The highest BCUT2D eigenvalue weighted by Crippen LogP contribution is 2.20. The first-order chi connectivity index (χ1) is 17.8. The Kier molecular flexibility index (Phi) is 15.0. The van der Waals surface area contributed by atoms with Gasteiger partial charge in [-0.25, -0.2) is 8.42 Å². The van der Waals surface area contributed by atoms with Crippen LogP contribution >= 0.6 is 11.3 Å². The van der Waals surface area contributed by atoms with Crippen LogP contribution in [0.1, 0.15) is 107 Å². The monoisotopic (exact) mass is 545 g/mol. The Labute approximate surface area is 229 Å². The molecule has 0 aliphatic heterocycles. The molecule has 2 aromatic carbocycles. The highest BCUT2D eigenvalue weighted by atomic mass is 32.2. The van der Waals surface area contributed by atoms with Crippen LogP contribution in [-0.4, -0.2) is 13.0 Å². The summed E-state index contributed by atoms with van der Waals surface area (Å²) in [5.41, 5.74) is 2.35. The fraction of sp³-hybridized carbons (Fsp3) is 0.581. The smallest absolute Gasteiger partial charge is 0.235 e. The summed E-state index contributed by atoms with van der Waals surface area (Å²) in [5, 5.41) is 1.45. The lowest BCUT2D eigenvalue weighted by Gasteiger charge is -2.05. The predicted molar refractivity (Wildman–Crippen MR) is 156 cm³/mol. The summed E-state index contributed by atoms with van der Waals surface area (Å²) in [6, 6.07) is 14.6. The molecule has 3 rings (SSSR count). The van der Waals surface area contributed by atoms with Gasteiger partial charge in [-0.05, 0) is 31.5 Å². The van der Waals surface area contributed by atoms with Gasteiger partial charge >= 0.3 is 0 Å². The van der Waals surface area contributed by atoms with Crippen LogP contribution in [0, 0.1) is 13.8 Å². The molecule has 206 valence electrons. The van der Waals surface area contributed by atoms with Gasteiger partial charge in [-0.15, -0.1) is 0 Å². The number of aryl methyl sites for hydroxylation is 3. The normalized spacial score (nSPS) is 11.5. The highest BCUT2D eigenvalue weighted by molar-refractivity contribution is 7.85. The number of aromatic nitrogens is 1. The summed E-state index contributed by atoms with van der Waals surface area (Å²) < 4.78 is 35.1. The Morgan fingerprint density at radius 1 is 0.703 bits per heavy atom. The van der Waals surface area contributed by atoms with E-state index >= 15 is 0 Å². The average molecular weight is 546 g/mol. The van der Waals surface area contributed by atoms with E-state index in [1.807, 2.05) is 18.3 Å². The number of hydrogen-bond acceptors (Lipinski definition) is 4. The van der Waals surface area contributed by atoms with Crippen LogP contribution in [0.15, 0.2) is 53.4 Å². The van der Waals surface area contributed by atoms with Crippen molar-refractivity contribution in [3.63, 3.8) is 0 Å². The molecule has 6 heteroatoms. The molecule has 0 fully saturated rings. The SMILES string of the molecule is CCCCCCCCCCCCCCCC[n+]1c(C)sc2ccccc21.Cc1ccc(S(=O)(=O)[O-])cc1. The van der Waals surface area contributed by atoms with Crippen LogP contribution in [0.2, 0.25) is 0 Å². The van der Waals surface area contributed by atoms with E-state index in [0.29, 0.717) is 0 Å². The fourth-order valence-corrected chi connectivity index (χ4v) is 6.11. The van der Waals surface area contributed by atoms with Crippen molar-refractivity contribution in [3.8, 4) is 0 Å². The zero-order valence-corrected chi connectivity index (χ0v) is 24.8. The van der Waals surface area contributed by atoms with Gasteiger partial charge in [0.05, 0.1) is 4.90 Å². The Morgan fingerprint density at radius 3 is 1.70 bits per heavy atom. The number of nitrogens with zero attached hydrogens (tertiary/aromatic N) is 1. The summed E-state index contributed by atoms with van der Waals surface area (Å²) in [6.45, 7) is 7.56. The van der Waals surface area contributed by atoms with Crippen molar-refractivity contribution >= 4 is 31.7 Å². The van der Waals surface area contributed by atoms with Crippen LogP contribution in [0.25, 0.3) is 10.2 Å². The van der Waals surface area contributed by atoms with Gasteiger partial charge in [0.1, 0.15) is 21.4 Å². The van der Waals surface area contributed by atoms with Crippen molar-refractivity contribution in [1.82, 2.24) is 0 Å². The zero-order valence-electron chi connectivity index (χ0n) is 23.2. The molecule has 0 saturated carbocycles. The Bertz CT molecular complexity index is 1120. The van der Waals surface area contributed by atoms with Gasteiger partial charge in [-0.2, -0.15) is 4.57 Å². The third kappa shape index (κ3) is 12.6. The van der Waals surface area contributed by atoms with E-state index in [2.05, 4.69) is 42.7 Å². The number of unbranched alkanes of at least 4 members (excludes halogenated alkanes) is 13. The molecule has 0 spiro atoms. The van der Waals surface area contributed by atoms with Gasteiger partial charge < -0.3 is 4.55 Å². The minimum atomic E-state index is -4.27. The van der Waals surface area contributed by atoms with Crippen molar-refractivity contribution in [2.45, 2.75) is 122 Å². The first-order valence-corrected chi connectivity index (χ1v) is 16.5. The van der Waals surface area contributed by atoms with E-state index in [9.17, 15) is 13.0 Å². The summed E-state index contributed by atoms with van der Waals surface area (Å²) in [5.74, 6) is 0. The molecule has 1 heterocycles. The van der Waals surface area contributed by atoms with E-state index < -0.39 is 10.1 Å². The quantitative estimate of drug-likeness (QED) is 0.103. The maximum atomic E-state index is 10.4. The lowest BCUT2D eigenvalue weighted by atomic mass is 10.0. The number of fused-ring (bicyclic) bond motifs is 1. The molecule has 0 N–H and O–H groups in total. The van der Waals surface area contributed by atoms with Gasteiger partial charge in [-0.1, -0.05) is 125 Å². The highest BCUT2D eigenvalue weighted by Gasteiger charge is 2.15.